The zero-order chi connectivity index (χ0) is 6.91. The normalized spacial score (nSPS) is 21.4. The molecule has 0 amide bonds. The Morgan fingerprint density at radius 3 is 2.56 bits per heavy atom. The van der Waals surface area contributed by atoms with E-state index in [1.807, 2.05) is 0 Å². The molecule has 0 unspecified atom stereocenters. The molecule has 0 atom stereocenters. The van der Waals surface area contributed by atoms with E-state index in [0.29, 0.717) is 11.8 Å². The molecule has 1 aliphatic rings. The fraction of sp³-hybridized carbons (Fsp3) is 0.857. The van der Waals surface area contributed by atoms with Gasteiger partial charge in [0.1, 0.15) is 0 Å². The summed E-state index contributed by atoms with van der Waals surface area (Å²) >= 11 is 0. The summed E-state index contributed by atoms with van der Waals surface area (Å²) in [5.74, 6) is -0.664. The first-order valence-electron chi connectivity index (χ1n) is 3.34. The molecule has 52 valence electrons. The van der Waals surface area contributed by atoms with Crippen molar-refractivity contribution < 1.29 is 9.90 Å². The molecule has 0 aromatic carbocycles. The molecular weight excluding hydrogens is 116 g/mol. The van der Waals surface area contributed by atoms with Gasteiger partial charge in [-0.05, 0) is 24.7 Å². The van der Waals surface area contributed by atoms with Crippen LogP contribution in [-0.2, 0) is 4.79 Å². The van der Waals surface area contributed by atoms with Crippen LogP contribution >= 0.6 is 0 Å². The highest BCUT2D eigenvalue weighted by Crippen LogP contribution is 2.48. The third kappa shape index (κ3) is 2.04. The fourth-order valence-electron chi connectivity index (χ4n) is 0.872. The zero-order valence-corrected chi connectivity index (χ0v) is 5.68. The first-order valence-corrected chi connectivity index (χ1v) is 3.34. The molecule has 2 nitrogen and oxygen atoms in total. The Balaban J connectivity index is 2.12. The van der Waals surface area contributed by atoms with Crippen LogP contribution in [0.15, 0.2) is 0 Å². The predicted molar refractivity (Wildman–Crippen MR) is 34.2 cm³/mol. The molecule has 9 heavy (non-hydrogen) atoms. The molecule has 0 aliphatic heterocycles. The molecule has 1 N–H and O–H groups in total. The summed E-state index contributed by atoms with van der Waals surface area (Å²) in [6.45, 7) is 2.15. The quantitative estimate of drug-likeness (QED) is 0.627. The summed E-state index contributed by atoms with van der Waals surface area (Å²) in [6, 6.07) is 0. The Hall–Kier alpha value is -0.530. The van der Waals surface area contributed by atoms with Gasteiger partial charge in [0.05, 0.1) is 0 Å². The van der Waals surface area contributed by atoms with E-state index < -0.39 is 5.97 Å². The number of carboxylic acids is 1. The molecule has 0 radical (unpaired) electrons. The highest BCUT2D eigenvalue weighted by atomic mass is 16.4. The van der Waals surface area contributed by atoms with Crippen molar-refractivity contribution in [2.24, 2.45) is 5.41 Å². The van der Waals surface area contributed by atoms with Crippen molar-refractivity contribution in [1.82, 2.24) is 0 Å². The maximum Gasteiger partial charge on any atom is 0.303 e. The summed E-state index contributed by atoms with van der Waals surface area (Å²) in [5, 5.41) is 8.30. The molecule has 1 fully saturated rings. The van der Waals surface area contributed by atoms with Crippen LogP contribution in [-0.4, -0.2) is 11.1 Å². The van der Waals surface area contributed by atoms with Gasteiger partial charge in [-0.2, -0.15) is 0 Å². The van der Waals surface area contributed by atoms with E-state index in [1.54, 1.807) is 0 Å². The minimum atomic E-state index is -0.664. The lowest BCUT2D eigenvalue weighted by Crippen LogP contribution is -2.00. The van der Waals surface area contributed by atoms with Gasteiger partial charge in [-0.25, -0.2) is 0 Å². The summed E-state index contributed by atoms with van der Waals surface area (Å²) in [6.07, 6.45) is 3.65. The number of carbonyl (C=O) groups is 1. The van der Waals surface area contributed by atoms with Gasteiger partial charge >= 0.3 is 5.97 Å². The number of rotatable bonds is 3. The topological polar surface area (TPSA) is 37.3 Å². The van der Waals surface area contributed by atoms with Gasteiger partial charge in [0.25, 0.3) is 0 Å². The molecule has 1 saturated carbocycles. The lowest BCUT2D eigenvalue weighted by Gasteiger charge is -2.02. The van der Waals surface area contributed by atoms with Gasteiger partial charge in [-0.3, -0.25) is 4.79 Å². The third-order valence-corrected chi connectivity index (χ3v) is 2.05. The van der Waals surface area contributed by atoms with Gasteiger partial charge in [-0.15, -0.1) is 0 Å². The molecule has 2 heteroatoms. The smallest absolute Gasteiger partial charge is 0.303 e. The van der Waals surface area contributed by atoms with E-state index in [0.717, 1.165) is 6.42 Å². The van der Waals surface area contributed by atoms with Gasteiger partial charge in [-0.1, -0.05) is 6.92 Å². The highest BCUT2D eigenvalue weighted by Gasteiger charge is 2.36. The molecular formula is C7H12O2. The lowest BCUT2D eigenvalue weighted by molar-refractivity contribution is -0.137. The lowest BCUT2D eigenvalue weighted by atomic mass is 10.0. The monoisotopic (exact) mass is 128 g/mol. The SMILES string of the molecule is CC1(CCC(=O)O)CC1. The number of hydrogen-bond donors (Lipinski definition) is 1. The maximum absolute atomic E-state index is 10.1. The Labute approximate surface area is 54.9 Å². The van der Waals surface area contributed by atoms with Crippen molar-refractivity contribution >= 4 is 5.97 Å². The highest BCUT2D eigenvalue weighted by molar-refractivity contribution is 5.66. The van der Waals surface area contributed by atoms with Crippen LogP contribution in [0, 0.1) is 5.41 Å². The van der Waals surface area contributed by atoms with Gasteiger partial charge in [0.2, 0.25) is 0 Å². The number of aliphatic carboxylic acids is 1. The van der Waals surface area contributed by atoms with Crippen molar-refractivity contribution in [3.8, 4) is 0 Å². The second-order valence-corrected chi connectivity index (χ2v) is 3.20. The Morgan fingerprint density at radius 2 is 2.22 bits per heavy atom. The predicted octanol–water partition coefficient (Wildman–Crippen LogP) is 1.65. The van der Waals surface area contributed by atoms with E-state index in [1.165, 1.54) is 12.8 Å². The molecule has 0 saturated heterocycles. The third-order valence-electron chi connectivity index (χ3n) is 2.05. The van der Waals surface area contributed by atoms with Crippen LogP contribution in [0.3, 0.4) is 0 Å². The molecule has 0 spiro atoms. The second kappa shape index (κ2) is 2.01. The average Bonchev–Trinajstić information content (AvgIpc) is 2.45. The molecule has 0 aromatic heterocycles. The summed E-state index contributed by atoms with van der Waals surface area (Å²) in [7, 11) is 0. The van der Waals surface area contributed by atoms with E-state index >= 15 is 0 Å². The van der Waals surface area contributed by atoms with Gasteiger partial charge in [0, 0.05) is 6.42 Å². The van der Waals surface area contributed by atoms with Crippen molar-refractivity contribution in [2.75, 3.05) is 0 Å². The van der Waals surface area contributed by atoms with E-state index in [4.69, 9.17) is 5.11 Å². The first kappa shape index (κ1) is 6.59. The minimum absolute atomic E-state index is 0.344. The zero-order valence-electron chi connectivity index (χ0n) is 5.68. The molecule has 0 heterocycles. The second-order valence-electron chi connectivity index (χ2n) is 3.20. The Kier molecular flexibility index (Phi) is 1.47. The van der Waals surface area contributed by atoms with E-state index in [-0.39, 0.29) is 0 Å². The van der Waals surface area contributed by atoms with Crippen molar-refractivity contribution in [1.29, 1.82) is 0 Å². The molecule has 1 rings (SSSR count). The standard InChI is InChI=1S/C7H12O2/c1-7(4-5-7)3-2-6(8)9/h2-5H2,1H3,(H,8,9). The Bertz CT molecular complexity index is 125. The van der Waals surface area contributed by atoms with Crippen LogP contribution < -0.4 is 0 Å². The maximum atomic E-state index is 10.1. The molecule has 0 bridgehead atoms. The van der Waals surface area contributed by atoms with Crippen molar-refractivity contribution in [3.63, 3.8) is 0 Å². The van der Waals surface area contributed by atoms with E-state index in [2.05, 4.69) is 6.92 Å². The summed E-state index contributed by atoms with van der Waals surface area (Å²) in [5.41, 5.74) is 0.401. The van der Waals surface area contributed by atoms with Crippen LogP contribution in [0.1, 0.15) is 32.6 Å². The Morgan fingerprint density at radius 1 is 1.67 bits per heavy atom. The van der Waals surface area contributed by atoms with Gasteiger partial charge in [0.15, 0.2) is 0 Å². The van der Waals surface area contributed by atoms with Crippen LogP contribution in [0.5, 0.6) is 0 Å². The fourth-order valence-corrected chi connectivity index (χ4v) is 0.872. The van der Waals surface area contributed by atoms with Crippen molar-refractivity contribution in [2.45, 2.75) is 32.6 Å². The average molecular weight is 128 g/mol. The van der Waals surface area contributed by atoms with Gasteiger partial charge < -0.3 is 5.11 Å². The molecule has 0 aromatic rings. The van der Waals surface area contributed by atoms with Crippen molar-refractivity contribution in [3.05, 3.63) is 0 Å². The van der Waals surface area contributed by atoms with E-state index in [9.17, 15) is 4.79 Å². The summed E-state index contributed by atoms with van der Waals surface area (Å²) in [4.78, 5) is 10.1. The van der Waals surface area contributed by atoms with Crippen LogP contribution in [0.25, 0.3) is 0 Å². The largest absolute Gasteiger partial charge is 0.481 e. The van der Waals surface area contributed by atoms with Crippen LogP contribution in [0.4, 0.5) is 0 Å². The summed E-state index contributed by atoms with van der Waals surface area (Å²) < 4.78 is 0. The minimum Gasteiger partial charge on any atom is -0.481 e. The number of hydrogen-bond acceptors (Lipinski definition) is 1. The molecule has 1 aliphatic carbocycles. The first-order chi connectivity index (χ1) is 4.12. The van der Waals surface area contributed by atoms with Crippen LogP contribution in [0.2, 0.25) is 0 Å². The number of carboxylic acid groups (broad SMARTS) is 1.